The van der Waals surface area contributed by atoms with Gasteiger partial charge in [-0.2, -0.15) is 0 Å². The van der Waals surface area contributed by atoms with Crippen LogP contribution in [-0.4, -0.2) is 7.11 Å². The molecule has 0 saturated carbocycles. The predicted molar refractivity (Wildman–Crippen MR) is 160 cm³/mol. The molecule has 0 spiro atoms. The summed E-state index contributed by atoms with van der Waals surface area (Å²) in [5.41, 5.74) is 12.2. The van der Waals surface area contributed by atoms with E-state index in [0.717, 1.165) is 5.75 Å². The van der Waals surface area contributed by atoms with Gasteiger partial charge < -0.3 is 4.74 Å². The average Bonchev–Trinajstić information content (AvgIpc) is 3.02. The monoisotopic (exact) mass is 488 g/mol. The van der Waals surface area contributed by atoms with E-state index in [9.17, 15) is 0 Å². The maximum absolute atomic E-state index is 5.27. The molecule has 0 amide bonds. The molecule has 0 saturated heterocycles. The molecule has 0 unspecified atom stereocenters. The van der Waals surface area contributed by atoms with E-state index in [0.29, 0.717) is 0 Å². The molecule has 6 aromatic carbocycles. The van der Waals surface area contributed by atoms with Crippen LogP contribution in [0.1, 0.15) is 0 Å². The summed E-state index contributed by atoms with van der Waals surface area (Å²) >= 11 is 0. The summed E-state index contributed by atoms with van der Waals surface area (Å²) in [6.45, 7) is 0. The van der Waals surface area contributed by atoms with Crippen molar-refractivity contribution in [2.24, 2.45) is 0 Å². The summed E-state index contributed by atoms with van der Waals surface area (Å²) in [4.78, 5) is 0. The van der Waals surface area contributed by atoms with Gasteiger partial charge in [0, 0.05) is 0 Å². The lowest BCUT2D eigenvalue weighted by atomic mass is 9.96. The van der Waals surface area contributed by atoms with Crippen LogP contribution in [0.3, 0.4) is 0 Å². The average molecular weight is 489 g/mol. The Balaban J connectivity index is 1.15. The molecule has 0 aliphatic rings. The van der Waals surface area contributed by atoms with Crippen molar-refractivity contribution < 1.29 is 4.74 Å². The zero-order valence-corrected chi connectivity index (χ0v) is 21.3. The Bertz CT molecular complexity index is 1610. The van der Waals surface area contributed by atoms with Crippen LogP contribution >= 0.6 is 0 Å². The Morgan fingerprint density at radius 1 is 0.263 bits per heavy atom. The van der Waals surface area contributed by atoms with Crippen molar-refractivity contribution in [3.63, 3.8) is 0 Å². The van der Waals surface area contributed by atoms with E-state index < -0.39 is 0 Å². The van der Waals surface area contributed by atoms with E-state index in [1.54, 1.807) is 7.11 Å². The Hall–Kier alpha value is -4.88. The van der Waals surface area contributed by atoms with Crippen molar-refractivity contribution in [3.8, 4) is 61.4 Å². The molecule has 0 bridgehead atoms. The molecule has 38 heavy (non-hydrogen) atoms. The first-order chi connectivity index (χ1) is 18.8. The highest BCUT2D eigenvalue weighted by molar-refractivity contribution is 5.76. The van der Waals surface area contributed by atoms with Crippen molar-refractivity contribution in [3.05, 3.63) is 152 Å². The lowest BCUT2D eigenvalue weighted by molar-refractivity contribution is 0.415. The van der Waals surface area contributed by atoms with Gasteiger partial charge in [0.05, 0.1) is 7.11 Å². The molecule has 0 N–H and O–H groups in total. The number of rotatable bonds is 6. The molecule has 182 valence electrons. The minimum atomic E-state index is 0.873. The maximum Gasteiger partial charge on any atom is 0.118 e. The van der Waals surface area contributed by atoms with Crippen LogP contribution < -0.4 is 4.74 Å². The second-order valence-corrected chi connectivity index (χ2v) is 9.40. The van der Waals surface area contributed by atoms with E-state index in [4.69, 9.17) is 4.74 Å². The lowest BCUT2D eigenvalue weighted by Gasteiger charge is -2.09. The molecule has 6 rings (SSSR count). The SMILES string of the molecule is COc1ccc(-c2ccc(-c3ccc(-c4ccc(-c5ccc(-c6ccccc6)cc5)cc4)cc3)cc2)cc1. The van der Waals surface area contributed by atoms with E-state index in [2.05, 4.69) is 140 Å². The molecular formula is C37H28O. The standard InChI is InChI=1S/C37H28O/c1-38-37-25-23-36(24-26-37)35-21-19-34(20-22-35)33-17-15-32(16-18-33)31-13-11-30(12-14-31)29-9-7-28(8-10-29)27-5-3-2-4-6-27/h2-26H,1H3. The Morgan fingerprint density at radius 3 is 0.711 bits per heavy atom. The fourth-order valence-corrected chi connectivity index (χ4v) is 4.83. The normalized spacial score (nSPS) is 10.8. The third-order valence-electron chi connectivity index (χ3n) is 7.07. The van der Waals surface area contributed by atoms with Gasteiger partial charge in [-0.3, -0.25) is 0 Å². The highest BCUT2D eigenvalue weighted by Gasteiger charge is 2.05. The molecule has 0 aliphatic heterocycles. The smallest absolute Gasteiger partial charge is 0.118 e. The summed E-state index contributed by atoms with van der Waals surface area (Å²) in [7, 11) is 1.69. The zero-order valence-electron chi connectivity index (χ0n) is 21.3. The lowest BCUT2D eigenvalue weighted by Crippen LogP contribution is -1.84. The predicted octanol–water partition coefficient (Wildman–Crippen LogP) is 10.0. The van der Waals surface area contributed by atoms with Gasteiger partial charge in [-0.05, 0) is 67.8 Å². The number of benzene rings is 6. The molecule has 0 aromatic heterocycles. The number of hydrogen-bond donors (Lipinski definition) is 0. The van der Waals surface area contributed by atoms with Crippen LogP contribution in [0.4, 0.5) is 0 Å². The molecule has 0 radical (unpaired) electrons. The van der Waals surface area contributed by atoms with Crippen LogP contribution in [0, 0.1) is 0 Å². The Morgan fingerprint density at radius 2 is 0.474 bits per heavy atom. The minimum Gasteiger partial charge on any atom is -0.497 e. The van der Waals surface area contributed by atoms with Crippen molar-refractivity contribution in [1.29, 1.82) is 0 Å². The van der Waals surface area contributed by atoms with Crippen molar-refractivity contribution >= 4 is 0 Å². The summed E-state index contributed by atoms with van der Waals surface area (Å²) in [6, 6.07) is 53.8. The quantitative estimate of drug-likeness (QED) is 0.227. The summed E-state index contributed by atoms with van der Waals surface area (Å²) in [6.07, 6.45) is 0. The first-order valence-corrected chi connectivity index (χ1v) is 12.9. The van der Waals surface area contributed by atoms with Crippen molar-refractivity contribution in [2.75, 3.05) is 7.11 Å². The van der Waals surface area contributed by atoms with Crippen molar-refractivity contribution in [2.45, 2.75) is 0 Å². The molecule has 0 atom stereocenters. The topological polar surface area (TPSA) is 9.23 Å². The summed E-state index contributed by atoms with van der Waals surface area (Å²) in [5, 5.41) is 0. The van der Waals surface area contributed by atoms with Crippen LogP contribution in [0.5, 0.6) is 5.75 Å². The third kappa shape index (κ3) is 5.00. The molecule has 6 aromatic rings. The van der Waals surface area contributed by atoms with Crippen LogP contribution in [0.2, 0.25) is 0 Å². The molecule has 0 heterocycles. The highest BCUT2D eigenvalue weighted by Crippen LogP contribution is 2.30. The summed E-state index contributed by atoms with van der Waals surface area (Å²) in [5.74, 6) is 0.873. The summed E-state index contributed by atoms with van der Waals surface area (Å²) < 4.78 is 5.27. The maximum atomic E-state index is 5.27. The highest BCUT2D eigenvalue weighted by atomic mass is 16.5. The van der Waals surface area contributed by atoms with Gasteiger partial charge in [-0.1, -0.05) is 140 Å². The Labute approximate surface area is 224 Å². The second kappa shape index (κ2) is 10.6. The first kappa shape index (κ1) is 23.5. The molecule has 0 aliphatic carbocycles. The fraction of sp³-hybridized carbons (Fsp3) is 0.0270. The van der Waals surface area contributed by atoms with Gasteiger partial charge in [-0.25, -0.2) is 0 Å². The number of methoxy groups -OCH3 is 1. The van der Waals surface area contributed by atoms with Crippen LogP contribution in [0.15, 0.2) is 152 Å². The largest absolute Gasteiger partial charge is 0.497 e. The number of hydrogen-bond acceptors (Lipinski definition) is 1. The van der Waals surface area contributed by atoms with E-state index in [-0.39, 0.29) is 0 Å². The zero-order chi connectivity index (χ0) is 25.7. The molecule has 0 fully saturated rings. The van der Waals surface area contributed by atoms with Gasteiger partial charge in [0.25, 0.3) is 0 Å². The van der Waals surface area contributed by atoms with Gasteiger partial charge in [-0.15, -0.1) is 0 Å². The molecular weight excluding hydrogens is 460 g/mol. The molecule has 1 heteroatoms. The van der Waals surface area contributed by atoms with Gasteiger partial charge in [0.1, 0.15) is 5.75 Å². The van der Waals surface area contributed by atoms with Gasteiger partial charge in [0.15, 0.2) is 0 Å². The van der Waals surface area contributed by atoms with Gasteiger partial charge >= 0.3 is 0 Å². The van der Waals surface area contributed by atoms with Crippen molar-refractivity contribution in [1.82, 2.24) is 0 Å². The van der Waals surface area contributed by atoms with E-state index in [1.807, 2.05) is 12.1 Å². The second-order valence-electron chi connectivity index (χ2n) is 9.40. The molecule has 1 nitrogen and oxygen atoms in total. The first-order valence-electron chi connectivity index (χ1n) is 12.9. The van der Waals surface area contributed by atoms with Crippen LogP contribution in [-0.2, 0) is 0 Å². The van der Waals surface area contributed by atoms with E-state index >= 15 is 0 Å². The minimum absolute atomic E-state index is 0.873. The van der Waals surface area contributed by atoms with Crippen LogP contribution in [0.25, 0.3) is 55.6 Å². The van der Waals surface area contributed by atoms with Gasteiger partial charge in [0.2, 0.25) is 0 Å². The van der Waals surface area contributed by atoms with E-state index in [1.165, 1.54) is 55.6 Å². The third-order valence-corrected chi connectivity index (χ3v) is 7.07. The Kier molecular flexibility index (Phi) is 6.57. The fourth-order valence-electron chi connectivity index (χ4n) is 4.83. The number of ether oxygens (including phenoxy) is 1.